The van der Waals surface area contributed by atoms with Crippen LogP contribution in [0.4, 0.5) is 0 Å². The van der Waals surface area contributed by atoms with E-state index < -0.39 is 0 Å². The van der Waals surface area contributed by atoms with E-state index in [1.165, 1.54) is 39.5 Å². The molecule has 0 radical (unpaired) electrons. The van der Waals surface area contributed by atoms with Gasteiger partial charge in [0, 0.05) is 28.6 Å². The van der Waals surface area contributed by atoms with Crippen molar-refractivity contribution in [2.45, 2.75) is 13.8 Å². The standard InChI is InChI=1S/C16H11N.C4H8O2/c1-2-6-12-11(5-1)9-10-14-13-7-3-4-8-15(13)17-16(12)14;1-3-6-4(2)5/h1-10,17H;3H2,1-2H3. The van der Waals surface area contributed by atoms with Crippen LogP contribution in [-0.4, -0.2) is 17.6 Å². The number of carbonyl (C=O) groups excluding carboxylic acids is 1. The number of esters is 1. The summed E-state index contributed by atoms with van der Waals surface area (Å²) in [4.78, 5) is 13.3. The van der Waals surface area contributed by atoms with Crippen LogP contribution < -0.4 is 0 Å². The van der Waals surface area contributed by atoms with Gasteiger partial charge in [0.15, 0.2) is 0 Å². The predicted octanol–water partition coefficient (Wildman–Crippen LogP) is 5.04. The minimum atomic E-state index is -0.211. The van der Waals surface area contributed by atoms with E-state index in [1.54, 1.807) is 6.92 Å². The first-order valence-electron chi connectivity index (χ1n) is 7.72. The van der Waals surface area contributed by atoms with Gasteiger partial charge in [0.25, 0.3) is 0 Å². The van der Waals surface area contributed by atoms with Gasteiger partial charge in [-0.1, -0.05) is 54.6 Å². The highest BCUT2D eigenvalue weighted by molar-refractivity contribution is 6.16. The van der Waals surface area contributed by atoms with E-state index in [-0.39, 0.29) is 5.97 Å². The molecule has 1 heterocycles. The number of aromatic nitrogens is 1. The van der Waals surface area contributed by atoms with E-state index in [1.807, 2.05) is 0 Å². The molecule has 1 aromatic heterocycles. The van der Waals surface area contributed by atoms with Gasteiger partial charge in [0.2, 0.25) is 0 Å². The number of fused-ring (bicyclic) bond motifs is 5. The Kier molecular flexibility index (Phi) is 4.29. The van der Waals surface area contributed by atoms with Crippen LogP contribution in [-0.2, 0) is 9.53 Å². The fourth-order valence-electron chi connectivity index (χ4n) is 2.80. The molecular weight excluding hydrogens is 286 g/mol. The molecule has 0 atom stereocenters. The van der Waals surface area contributed by atoms with E-state index in [0.29, 0.717) is 6.61 Å². The van der Waals surface area contributed by atoms with Gasteiger partial charge in [0.1, 0.15) is 0 Å². The summed E-state index contributed by atoms with van der Waals surface area (Å²) >= 11 is 0. The molecule has 116 valence electrons. The number of hydrogen-bond acceptors (Lipinski definition) is 2. The maximum absolute atomic E-state index is 9.82. The summed E-state index contributed by atoms with van der Waals surface area (Å²) in [5.41, 5.74) is 2.45. The Bertz CT molecular complexity index is 969. The second-order valence-corrected chi connectivity index (χ2v) is 5.30. The van der Waals surface area contributed by atoms with E-state index in [0.717, 1.165) is 0 Å². The van der Waals surface area contributed by atoms with Crippen molar-refractivity contribution in [2.24, 2.45) is 0 Å². The molecule has 0 aliphatic carbocycles. The lowest BCUT2D eigenvalue weighted by Gasteiger charge is -1.98. The van der Waals surface area contributed by atoms with Gasteiger partial charge in [-0.3, -0.25) is 4.79 Å². The van der Waals surface area contributed by atoms with Crippen molar-refractivity contribution in [1.29, 1.82) is 0 Å². The first-order chi connectivity index (χ1) is 11.2. The summed E-state index contributed by atoms with van der Waals surface area (Å²) in [6.45, 7) is 3.65. The molecule has 3 aromatic carbocycles. The summed E-state index contributed by atoms with van der Waals surface area (Å²) in [5, 5.41) is 5.18. The Balaban J connectivity index is 0.000000227. The molecule has 1 N–H and O–H groups in total. The molecule has 0 saturated heterocycles. The third kappa shape index (κ3) is 3.04. The molecule has 4 aromatic rings. The Morgan fingerprint density at radius 3 is 2.30 bits per heavy atom. The van der Waals surface area contributed by atoms with Gasteiger partial charge < -0.3 is 9.72 Å². The number of benzene rings is 3. The lowest BCUT2D eigenvalue weighted by Crippen LogP contribution is -1.95. The third-order valence-corrected chi connectivity index (χ3v) is 3.75. The van der Waals surface area contributed by atoms with Crippen LogP contribution in [0.2, 0.25) is 0 Å². The van der Waals surface area contributed by atoms with E-state index in [9.17, 15) is 4.79 Å². The van der Waals surface area contributed by atoms with Crippen molar-refractivity contribution < 1.29 is 9.53 Å². The van der Waals surface area contributed by atoms with Crippen LogP contribution in [0, 0.1) is 0 Å². The predicted molar refractivity (Wildman–Crippen MR) is 95.6 cm³/mol. The minimum absolute atomic E-state index is 0.211. The fraction of sp³-hybridized carbons (Fsp3) is 0.150. The topological polar surface area (TPSA) is 42.1 Å². The normalized spacial score (nSPS) is 10.5. The first-order valence-corrected chi connectivity index (χ1v) is 7.72. The number of H-pyrrole nitrogens is 1. The number of ether oxygens (including phenoxy) is 1. The van der Waals surface area contributed by atoms with Crippen molar-refractivity contribution in [2.75, 3.05) is 6.61 Å². The Morgan fingerprint density at radius 1 is 0.913 bits per heavy atom. The highest BCUT2D eigenvalue weighted by atomic mass is 16.5. The van der Waals surface area contributed by atoms with Crippen LogP contribution in [0.1, 0.15) is 13.8 Å². The number of carbonyl (C=O) groups is 1. The van der Waals surface area contributed by atoms with Crippen LogP contribution in [0.5, 0.6) is 0 Å². The zero-order valence-corrected chi connectivity index (χ0v) is 13.3. The Morgan fingerprint density at radius 2 is 1.61 bits per heavy atom. The lowest BCUT2D eigenvalue weighted by atomic mass is 10.1. The van der Waals surface area contributed by atoms with Gasteiger partial charge >= 0.3 is 5.97 Å². The second-order valence-electron chi connectivity index (χ2n) is 5.30. The molecule has 0 amide bonds. The molecule has 3 heteroatoms. The number of nitrogens with one attached hydrogen (secondary N) is 1. The van der Waals surface area contributed by atoms with Crippen molar-refractivity contribution in [1.82, 2.24) is 4.98 Å². The smallest absolute Gasteiger partial charge is 0.302 e. The van der Waals surface area contributed by atoms with Gasteiger partial charge in [-0.25, -0.2) is 0 Å². The minimum Gasteiger partial charge on any atom is -0.466 e. The summed E-state index contributed by atoms with van der Waals surface area (Å²) in [6.07, 6.45) is 0. The van der Waals surface area contributed by atoms with E-state index in [4.69, 9.17) is 0 Å². The molecule has 0 unspecified atom stereocenters. The monoisotopic (exact) mass is 305 g/mol. The average Bonchev–Trinajstić information content (AvgIpc) is 2.94. The molecule has 3 nitrogen and oxygen atoms in total. The van der Waals surface area contributed by atoms with Crippen molar-refractivity contribution >= 4 is 38.5 Å². The third-order valence-electron chi connectivity index (χ3n) is 3.75. The van der Waals surface area contributed by atoms with Crippen LogP contribution >= 0.6 is 0 Å². The maximum atomic E-state index is 9.82. The van der Waals surface area contributed by atoms with Crippen molar-refractivity contribution in [3.8, 4) is 0 Å². The highest BCUT2D eigenvalue weighted by Gasteiger charge is 2.05. The summed E-state index contributed by atoms with van der Waals surface area (Å²) < 4.78 is 4.40. The van der Waals surface area contributed by atoms with Gasteiger partial charge in [-0.2, -0.15) is 0 Å². The fourth-order valence-corrected chi connectivity index (χ4v) is 2.80. The second kappa shape index (κ2) is 6.53. The highest BCUT2D eigenvalue weighted by Crippen LogP contribution is 2.30. The molecule has 0 aliphatic rings. The zero-order chi connectivity index (χ0) is 16.2. The largest absolute Gasteiger partial charge is 0.466 e. The number of rotatable bonds is 1. The summed E-state index contributed by atoms with van der Waals surface area (Å²) in [6, 6.07) is 21.4. The van der Waals surface area contributed by atoms with Gasteiger partial charge in [0.05, 0.1) is 12.1 Å². The van der Waals surface area contributed by atoms with Crippen LogP contribution in [0.25, 0.3) is 32.6 Å². The molecule has 23 heavy (non-hydrogen) atoms. The molecule has 0 bridgehead atoms. The zero-order valence-electron chi connectivity index (χ0n) is 13.3. The van der Waals surface area contributed by atoms with Crippen molar-refractivity contribution in [3.63, 3.8) is 0 Å². The average molecular weight is 305 g/mol. The van der Waals surface area contributed by atoms with Crippen molar-refractivity contribution in [3.05, 3.63) is 60.7 Å². The number of aromatic amines is 1. The van der Waals surface area contributed by atoms with Crippen LogP contribution in [0.3, 0.4) is 0 Å². The van der Waals surface area contributed by atoms with E-state index >= 15 is 0 Å². The molecule has 0 fully saturated rings. The molecule has 0 saturated carbocycles. The van der Waals surface area contributed by atoms with Gasteiger partial charge in [-0.15, -0.1) is 0 Å². The molecular formula is C20H19NO2. The first kappa shape index (κ1) is 15.1. The molecule has 4 rings (SSSR count). The SMILES string of the molecule is CCOC(C)=O.c1ccc2c(c1)ccc1c3ccccc3[nH]c21. The number of hydrogen-bond donors (Lipinski definition) is 1. The lowest BCUT2D eigenvalue weighted by molar-refractivity contribution is -0.140. The Hall–Kier alpha value is -2.81. The quantitative estimate of drug-likeness (QED) is 0.500. The van der Waals surface area contributed by atoms with Gasteiger partial charge in [-0.05, 0) is 18.4 Å². The van der Waals surface area contributed by atoms with Crippen LogP contribution in [0.15, 0.2) is 60.7 Å². The molecule has 0 aliphatic heterocycles. The molecule has 0 spiro atoms. The summed E-state index contributed by atoms with van der Waals surface area (Å²) in [7, 11) is 0. The number of para-hydroxylation sites is 1. The summed E-state index contributed by atoms with van der Waals surface area (Å²) in [5.74, 6) is -0.211. The Labute approximate surface area is 134 Å². The maximum Gasteiger partial charge on any atom is 0.302 e. The van der Waals surface area contributed by atoms with E-state index in [2.05, 4.69) is 70.4 Å².